The van der Waals surface area contributed by atoms with E-state index in [0.29, 0.717) is 19.5 Å². The summed E-state index contributed by atoms with van der Waals surface area (Å²) in [7, 11) is 0. The molecule has 0 atom stereocenters. The fourth-order valence-corrected chi connectivity index (χ4v) is 2.43. The highest BCUT2D eigenvalue weighted by Gasteiger charge is 2.05. The van der Waals surface area contributed by atoms with Gasteiger partial charge < -0.3 is 10.6 Å². The van der Waals surface area contributed by atoms with Crippen molar-refractivity contribution in [2.45, 2.75) is 13.0 Å². The van der Waals surface area contributed by atoms with E-state index in [1.807, 2.05) is 48.5 Å². The van der Waals surface area contributed by atoms with Gasteiger partial charge in [0.1, 0.15) is 0 Å². The van der Waals surface area contributed by atoms with Crippen LogP contribution in [0.5, 0.6) is 0 Å². The van der Waals surface area contributed by atoms with Crippen LogP contribution in [-0.2, 0) is 11.3 Å². The van der Waals surface area contributed by atoms with Crippen molar-refractivity contribution in [3.8, 4) is 0 Å². The molecule has 2 rings (SSSR count). The molecule has 0 unspecified atom stereocenters. The maximum atomic E-state index is 11.8. The second-order valence-corrected chi connectivity index (χ2v) is 5.81. The van der Waals surface area contributed by atoms with Crippen LogP contribution in [0.1, 0.15) is 12.0 Å². The molecule has 0 radical (unpaired) electrons. The van der Waals surface area contributed by atoms with Gasteiger partial charge >= 0.3 is 0 Å². The number of halogens is 2. The number of anilines is 1. The smallest absolute Gasteiger partial charge is 0.225 e. The standard InChI is InChI=1S/C16H16BrClN2O/c17-13-6-2-4-8-15(13)20-16(21)9-10-19-11-12-5-1-3-7-14(12)18/h1-8,19H,9-11H2,(H,20,21). The van der Waals surface area contributed by atoms with Crippen molar-refractivity contribution in [1.29, 1.82) is 0 Å². The lowest BCUT2D eigenvalue weighted by atomic mass is 10.2. The average Bonchev–Trinajstić information content (AvgIpc) is 2.48. The largest absolute Gasteiger partial charge is 0.325 e. The molecule has 0 bridgehead atoms. The van der Waals surface area contributed by atoms with Crippen LogP contribution in [0.3, 0.4) is 0 Å². The van der Waals surface area contributed by atoms with Gasteiger partial charge in [0.25, 0.3) is 0 Å². The highest BCUT2D eigenvalue weighted by Crippen LogP contribution is 2.21. The summed E-state index contributed by atoms with van der Waals surface area (Å²) < 4.78 is 0.877. The third-order valence-corrected chi connectivity index (χ3v) is 4.01. The van der Waals surface area contributed by atoms with Crippen LogP contribution in [0.4, 0.5) is 5.69 Å². The molecule has 0 saturated heterocycles. The third kappa shape index (κ3) is 5.16. The Balaban J connectivity index is 1.73. The van der Waals surface area contributed by atoms with Gasteiger partial charge in [-0.05, 0) is 39.7 Å². The molecule has 0 aromatic heterocycles. The van der Waals surface area contributed by atoms with E-state index in [0.717, 1.165) is 20.7 Å². The maximum absolute atomic E-state index is 11.8. The molecule has 3 nitrogen and oxygen atoms in total. The number of amides is 1. The van der Waals surface area contributed by atoms with E-state index < -0.39 is 0 Å². The molecular formula is C16H16BrClN2O. The lowest BCUT2D eigenvalue weighted by molar-refractivity contribution is -0.116. The number of carbonyl (C=O) groups is 1. The van der Waals surface area contributed by atoms with E-state index in [9.17, 15) is 4.79 Å². The topological polar surface area (TPSA) is 41.1 Å². The first-order chi connectivity index (χ1) is 10.2. The molecule has 0 aliphatic heterocycles. The van der Waals surface area contributed by atoms with Gasteiger partial charge in [0.15, 0.2) is 0 Å². The average molecular weight is 368 g/mol. The Bertz CT molecular complexity index is 619. The molecule has 0 aliphatic rings. The van der Waals surface area contributed by atoms with E-state index in [1.165, 1.54) is 0 Å². The van der Waals surface area contributed by atoms with Gasteiger partial charge in [0.2, 0.25) is 5.91 Å². The monoisotopic (exact) mass is 366 g/mol. The summed E-state index contributed by atoms with van der Waals surface area (Å²) >= 11 is 9.47. The second-order valence-electron chi connectivity index (χ2n) is 4.55. The number of rotatable bonds is 6. The summed E-state index contributed by atoms with van der Waals surface area (Å²) in [5.41, 5.74) is 1.82. The minimum absolute atomic E-state index is 0.0199. The number of benzene rings is 2. The van der Waals surface area contributed by atoms with E-state index in [1.54, 1.807) is 0 Å². The number of para-hydroxylation sites is 1. The van der Waals surface area contributed by atoms with E-state index in [4.69, 9.17) is 11.6 Å². The van der Waals surface area contributed by atoms with Crippen molar-refractivity contribution in [1.82, 2.24) is 5.32 Å². The molecular weight excluding hydrogens is 352 g/mol. The van der Waals surface area contributed by atoms with Crippen LogP contribution in [0.25, 0.3) is 0 Å². The molecule has 2 aromatic rings. The fourth-order valence-electron chi connectivity index (χ4n) is 1.84. The van der Waals surface area contributed by atoms with Gasteiger partial charge in [-0.1, -0.05) is 41.9 Å². The molecule has 1 amide bonds. The van der Waals surface area contributed by atoms with Crippen molar-refractivity contribution in [3.05, 3.63) is 63.6 Å². The zero-order valence-electron chi connectivity index (χ0n) is 11.4. The van der Waals surface area contributed by atoms with Crippen LogP contribution >= 0.6 is 27.5 Å². The number of carbonyl (C=O) groups excluding carboxylic acids is 1. The van der Waals surface area contributed by atoms with Crippen molar-refractivity contribution in [2.24, 2.45) is 0 Å². The minimum Gasteiger partial charge on any atom is -0.325 e. The molecule has 2 aromatic carbocycles. The first kappa shape index (κ1) is 16.0. The zero-order valence-corrected chi connectivity index (χ0v) is 13.7. The first-order valence-electron chi connectivity index (χ1n) is 6.65. The van der Waals surface area contributed by atoms with Crippen LogP contribution in [-0.4, -0.2) is 12.5 Å². The molecule has 5 heteroatoms. The van der Waals surface area contributed by atoms with E-state index in [-0.39, 0.29) is 5.91 Å². The summed E-state index contributed by atoms with van der Waals surface area (Å²) in [6.45, 7) is 1.25. The van der Waals surface area contributed by atoms with Gasteiger partial charge in [-0.15, -0.1) is 0 Å². The first-order valence-corrected chi connectivity index (χ1v) is 7.82. The van der Waals surface area contributed by atoms with Gasteiger partial charge in [-0.25, -0.2) is 0 Å². The summed E-state index contributed by atoms with van der Waals surface area (Å²) in [5, 5.41) is 6.82. The SMILES string of the molecule is O=C(CCNCc1ccccc1Cl)Nc1ccccc1Br. The van der Waals surface area contributed by atoms with Gasteiger partial charge in [-0.3, -0.25) is 4.79 Å². The summed E-state index contributed by atoms with van der Waals surface area (Å²) in [5.74, 6) is -0.0199. The predicted molar refractivity (Wildman–Crippen MR) is 90.5 cm³/mol. The molecule has 2 N–H and O–H groups in total. The maximum Gasteiger partial charge on any atom is 0.225 e. The quantitative estimate of drug-likeness (QED) is 0.751. The fraction of sp³-hybridized carbons (Fsp3) is 0.188. The molecule has 0 fully saturated rings. The van der Waals surface area contributed by atoms with Gasteiger partial charge in [0, 0.05) is 29.0 Å². The Morgan fingerprint density at radius 3 is 2.57 bits per heavy atom. The Labute approximate surface area is 137 Å². The number of hydrogen-bond acceptors (Lipinski definition) is 2. The Morgan fingerprint density at radius 2 is 1.81 bits per heavy atom. The summed E-state index contributed by atoms with van der Waals surface area (Å²) in [6.07, 6.45) is 0.409. The molecule has 110 valence electrons. The summed E-state index contributed by atoms with van der Waals surface area (Å²) in [6, 6.07) is 15.2. The molecule has 0 saturated carbocycles. The van der Waals surface area contributed by atoms with Crippen molar-refractivity contribution in [3.63, 3.8) is 0 Å². The van der Waals surface area contributed by atoms with Gasteiger partial charge in [-0.2, -0.15) is 0 Å². The lowest BCUT2D eigenvalue weighted by Gasteiger charge is -2.08. The van der Waals surface area contributed by atoms with Crippen molar-refractivity contribution in [2.75, 3.05) is 11.9 Å². The van der Waals surface area contributed by atoms with Crippen LogP contribution in [0, 0.1) is 0 Å². The van der Waals surface area contributed by atoms with Crippen LogP contribution in [0.15, 0.2) is 53.0 Å². The molecule has 0 spiro atoms. The second kappa shape index (κ2) is 8.17. The third-order valence-electron chi connectivity index (χ3n) is 2.95. The highest BCUT2D eigenvalue weighted by atomic mass is 79.9. The van der Waals surface area contributed by atoms with E-state index in [2.05, 4.69) is 26.6 Å². The number of nitrogens with one attached hydrogen (secondary N) is 2. The zero-order chi connectivity index (χ0) is 15.1. The molecule has 0 aliphatic carbocycles. The Kier molecular flexibility index (Phi) is 6.23. The van der Waals surface area contributed by atoms with Crippen LogP contribution in [0.2, 0.25) is 5.02 Å². The highest BCUT2D eigenvalue weighted by molar-refractivity contribution is 9.10. The Morgan fingerprint density at radius 1 is 1.10 bits per heavy atom. The lowest BCUT2D eigenvalue weighted by Crippen LogP contribution is -2.21. The van der Waals surface area contributed by atoms with Crippen molar-refractivity contribution < 1.29 is 4.79 Å². The number of hydrogen-bond donors (Lipinski definition) is 2. The minimum atomic E-state index is -0.0199. The van der Waals surface area contributed by atoms with Crippen molar-refractivity contribution >= 4 is 39.1 Å². The normalized spacial score (nSPS) is 10.4. The van der Waals surface area contributed by atoms with Gasteiger partial charge in [0.05, 0.1) is 5.69 Å². The van der Waals surface area contributed by atoms with Crippen LogP contribution < -0.4 is 10.6 Å². The molecule has 0 heterocycles. The molecule has 21 heavy (non-hydrogen) atoms. The summed E-state index contributed by atoms with van der Waals surface area (Å²) in [4.78, 5) is 11.8. The Hall–Kier alpha value is -1.36. The predicted octanol–water partition coefficient (Wildman–Crippen LogP) is 4.22. The van der Waals surface area contributed by atoms with E-state index >= 15 is 0 Å².